The van der Waals surface area contributed by atoms with Crippen LogP contribution in [0.25, 0.3) is 0 Å². The molecule has 29 heavy (non-hydrogen) atoms. The molecule has 3 rings (SSSR count). The number of nitrogens with one attached hydrogen (secondary N) is 2. The highest BCUT2D eigenvalue weighted by Crippen LogP contribution is 2.35. The van der Waals surface area contributed by atoms with Gasteiger partial charge in [-0.15, -0.1) is 0 Å². The van der Waals surface area contributed by atoms with Crippen molar-refractivity contribution in [2.24, 2.45) is 5.92 Å². The number of amides is 4. The van der Waals surface area contributed by atoms with Crippen molar-refractivity contribution in [1.82, 2.24) is 5.32 Å². The van der Waals surface area contributed by atoms with Gasteiger partial charge in [0, 0.05) is 6.54 Å². The summed E-state index contributed by atoms with van der Waals surface area (Å²) >= 11 is 5.66. The largest absolute Gasteiger partial charge is 0.418 e. The molecule has 1 heterocycles. The van der Waals surface area contributed by atoms with Gasteiger partial charge in [-0.1, -0.05) is 23.7 Å². The molecule has 1 aliphatic rings. The van der Waals surface area contributed by atoms with Crippen LogP contribution in [0.4, 0.5) is 33.7 Å². The molecule has 0 bridgehead atoms. The molecule has 11 heteroatoms. The van der Waals surface area contributed by atoms with Crippen LogP contribution in [-0.2, 0) is 15.8 Å². The minimum atomic E-state index is -4.72. The maximum Gasteiger partial charge on any atom is 0.418 e. The van der Waals surface area contributed by atoms with Gasteiger partial charge in [0.1, 0.15) is 11.7 Å². The Morgan fingerprint density at radius 1 is 1.17 bits per heavy atom. The van der Waals surface area contributed by atoms with Crippen LogP contribution in [0.3, 0.4) is 0 Å². The van der Waals surface area contributed by atoms with Gasteiger partial charge < -0.3 is 10.6 Å². The summed E-state index contributed by atoms with van der Waals surface area (Å²) in [6.45, 7) is -0.414. The number of hydrogen-bond acceptors (Lipinski definition) is 3. The number of anilines is 2. The zero-order valence-electron chi connectivity index (χ0n) is 14.4. The predicted octanol–water partition coefficient (Wildman–Crippen LogP) is 3.81. The van der Waals surface area contributed by atoms with Crippen LogP contribution >= 0.6 is 11.6 Å². The van der Waals surface area contributed by atoms with E-state index in [1.807, 2.05) is 0 Å². The number of rotatable bonds is 3. The number of nitrogens with zero attached hydrogens (tertiary/aromatic N) is 1. The molecule has 1 atom stereocenters. The van der Waals surface area contributed by atoms with E-state index >= 15 is 0 Å². The van der Waals surface area contributed by atoms with Crippen molar-refractivity contribution in [2.45, 2.75) is 6.18 Å². The van der Waals surface area contributed by atoms with E-state index in [9.17, 15) is 31.9 Å². The lowest BCUT2D eigenvalue weighted by Gasteiger charge is -2.31. The Bertz CT molecular complexity index is 997. The summed E-state index contributed by atoms with van der Waals surface area (Å²) in [5.41, 5.74) is -1.69. The summed E-state index contributed by atoms with van der Waals surface area (Å²) in [7, 11) is 0. The first-order valence-electron chi connectivity index (χ1n) is 8.13. The monoisotopic (exact) mass is 429 g/mol. The minimum absolute atomic E-state index is 0.0907. The molecule has 0 aliphatic carbocycles. The Morgan fingerprint density at radius 2 is 1.86 bits per heavy atom. The molecule has 0 radical (unpaired) electrons. The Kier molecular flexibility index (Phi) is 5.47. The van der Waals surface area contributed by atoms with E-state index in [4.69, 9.17) is 11.6 Å². The highest BCUT2D eigenvalue weighted by Gasteiger charge is 2.41. The average Bonchev–Trinajstić information content (AvgIpc) is 2.64. The van der Waals surface area contributed by atoms with Crippen molar-refractivity contribution in [3.8, 4) is 0 Å². The zero-order chi connectivity index (χ0) is 21.3. The van der Waals surface area contributed by atoms with Crippen molar-refractivity contribution < 1.29 is 31.9 Å². The molecule has 6 nitrogen and oxygen atoms in total. The third-order valence-corrected chi connectivity index (χ3v) is 4.44. The molecule has 2 aromatic carbocycles. The molecule has 4 amide bonds. The minimum Gasteiger partial charge on any atom is -0.336 e. The lowest BCUT2D eigenvalue weighted by atomic mass is 10.0. The standard InChI is InChI=1S/C18H12ClF4N3O3/c19-12-7-9(5-6-13(12)20)26-16(28)10(8-24-17(26)29)15(27)25-14-4-2-1-3-11(14)18(21,22)23/h1-7,10H,8H2,(H,24,29)(H,25,27). The Labute approximate surface area is 166 Å². The topological polar surface area (TPSA) is 78.5 Å². The summed E-state index contributed by atoms with van der Waals surface area (Å²) in [6.07, 6.45) is -4.72. The Balaban J connectivity index is 1.86. The summed E-state index contributed by atoms with van der Waals surface area (Å²) < 4.78 is 52.6. The van der Waals surface area contributed by atoms with Gasteiger partial charge in [0.15, 0.2) is 0 Å². The maximum atomic E-state index is 13.3. The average molecular weight is 430 g/mol. The van der Waals surface area contributed by atoms with Gasteiger partial charge in [-0.05, 0) is 30.3 Å². The van der Waals surface area contributed by atoms with Gasteiger partial charge in [-0.3, -0.25) is 9.59 Å². The van der Waals surface area contributed by atoms with Crippen molar-refractivity contribution in [2.75, 3.05) is 16.8 Å². The second-order valence-electron chi connectivity index (χ2n) is 6.04. The van der Waals surface area contributed by atoms with E-state index in [2.05, 4.69) is 10.6 Å². The van der Waals surface area contributed by atoms with Gasteiger partial charge in [0.05, 0.1) is 22.0 Å². The fourth-order valence-corrected chi connectivity index (χ4v) is 2.92. The normalized spacial score (nSPS) is 17.1. The lowest BCUT2D eigenvalue weighted by Crippen LogP contribution is -2.58. The number of halogens is 5. The maximum absolute atomic E-state index is 13.3. The van der Waals surface area contributed by atoms with Gasteiger partial charge in [-0.25, -0.2) is 14.1 Å². The molecular weight excluding hydrogens is 418 g/mol. The van der Waals surface area contributed by atoms with E-state index in [1.165, 1.54) is 6.07 Å². The first kappa shape index (κ1) is 20.6. The van der Waals surface area contributed by atoms with Crippen LogP contribution in [0, 0.1) is 11.7 Å². The van der Waals surface area contributed by atoms with Crippen LogP contribution in [0.5, 0.6) is 0 Å². The zero-order valence-corrected chi connectivity index (χ0v) is 15.1. The van der Waals surface area contributed by atoms with E-state index in [0.717, 1.165) is 36.4 Å². The number of carbonyl (C=O) groups is 3. The number of carbonyl (C=O) groups excluding carboxylic acids is 3. The number of para-hydroxylation sites is 1. The predicted molar refractivity (Wildman–Crippen MR) is 95.9 cm³/mol. The lowest BCUT2D eigenvalue weighted by molar-refractivity contribution is -0.137. The molecule has 1 fully saturated rings. The van der Waals surface area contributed by atoms with E-state index in [0.29, 0.717) is 4.90 Å². The third kappa shape index (κ3) is 4.16. The van der Waals surface area contributed by atoms with Crippen molar-refractivity contribution in [3.63, 3.8) is 0 Å². The van der Waals surface area contributed by atoms with E-state index < -0.39 is 53.6 Å². The summed E-state index contributed by atoms with van der Waals surface area (Å²) in [5.74, 6) is -4.31. The van der Waals surface area contributed by atoms with Crippen molar-refractivity contribution >= 4 is 40.8 Å². The molecule has 152 valence electrons. The molecule has 0 saturated carbocycles. The molecule has 1 aliphatic heterocycles. The second kappa shape index (κ2) is 7.70. The number of imide groups is 1. The number of benzene rings is 2. The molecule has 2 aromatic rings. The highest BCUT2D eigenvalue weighted by molar-refractivity contribution is 6.31. The highest BCUT2D eigenvalue weighted by atomic mass is 35.5. The van der Waals surface area contributed by atoms with Crippen LogP contribution in [-0.4, -0.2) is 24.4 Å². The van der Waals surface area contributed by atoms with Crippen molar-refractivity contribution in [1.29, 1.82) is 0 Å². The quantitative estimate of drug-likeness (QED) is 0.575. The first-order valence-corrected chi connectivity index (χ1v) is 8.51. The summed E-state index contributed by atoms with van der Waals surface area (Å²) in [4.78, 5) is 37.9. The summed E-state index contributed by atoms with van der Waals surface area (Å²) in [5, 5.41) is 4.03. The fraction of sp³-hybridized carbons (Fsp3) is 0.167. The SMILES string of the molecule is O=C(Nc1ccccc1C(F)(F)F)C1CNC(=O)N(c2ccc(F)c(Cl)c2)C1=O. The van der Waals surface area contributed by atoms with Gasteiger partial charge in [-0.2, -0.15) is 13.2 Å². The Hall–Kier alpha value is -3.14. The van der Waals surface area contributed by atoms with Gasteiger partial charge in [0.25, 0.3) is 0 Å². The van der Waals surface area contributed by atoms with Gasteiger partial charge in [0.2, 0.25) is 11.8 Å². The van der Waals surface area contributed by atoms with E-state index in [1.54, 1.807) is 0 Å². The third-order valence-electron chi connectivity index (χ3n) is 4.15. The number of hydrogen-bond donors (Lipinski definition) is 2. The smallest absolute Gasteiger partial charge is 0.336 e. The number of alkyl halides is 3. The molecular formula is C18H12ClF4N3O3. The van der Waals surface area contributed by atoms with Crippen LogP contribution in [0.1, 0.15) is 5.56 Å². The molecule has 0 spiro atoms. The van der Waals surface area contributed by atoms with Gasteiger partial charge >= 0.3 is 12.2 Å². The molecule has 1 saturated heterocycles. The Morgan fingerprint density at radius 3 is 2.52 bits per heavy atom. The molecule has 1 unspecified atom stereocenters. The van der Waals surface area contributed by atoms with Crippen LogP contribution in [0.15, 0.2) is 42.5 Å². The molecule has 2 N–H and O–H groups in total. The second-order valence-corrected chi connectivity index (χ2v) is 6.45. The number of urea groups is 1. The van der Waals surface area contributed by atoms with Crippen LogP contribution in [0.2, 0.25) is 5.02 Å². The summed E-state index contributed by atoms with van der Waals surface area (Å²) in [6, 6.07) is 6.47. The van der Waals surface area contributed by atoms with E-state index in [-0.39, 0.29) is 10.7 Å². The molecule has 0 aromatic heterocycles. The first-order chi connectivity index (χ1) is 13.6. The fourth-order valence-electron chi connectivity index (χ4n) is 2.74. The van der Waals surface area contributed by atoms with Crippen LogP contribution < -0.4 is 15.5 Å². The van der Waals surface area contributed by atoms with Crippen molar-refractivity contribution in [3.05, 3.63) is 58.9 Å².